The third-order valence-electron chi connectivity index (χ3n) is 3.19. The third kappa shape index (κ3) is 2.46. The summed E-state index contributed by atoms with van der Waals surface area (Å²) < 4.78 is 0. The molecule has 0 aromatic heterocycles. The average molecular weight is 220 g/mol. The van der Waals surface area contributed by atoms with Crippen LogP contribution in [0.4, 0.5) is 0 Å². The summed E-state index contributed by atoms with van der Waals surface area (Å²) >= 11 is 1.79. The second-order valence-electron chi connectivity index (χ2n) is 4.59. The first-order valence-electron chi connectivity index (χ1n) is 5.20. The molecule has 15 heavy (non-hydrogen) atoms. The van der Waals surface area contributed by atoms with Gasteiger partial charge in [-0.15, -0.1) is 11.8 Å². The minimum atomic E-state index is 0.0653. The summed E-state index contributed by atoms with van der Waals surface area (Å²) in [5.41, 5.74) is 4.02. The van der Waals surface area contributed by atoms with Crippen LogP contribution in [0.5, 0.6) is 0 Å². The Morgan fingerprint density at radius 3 is 2.40 bits per heavy atom. The van der Waals surface area contributed by atoms with Crippen molar-refractivity contribution >= 4 is 11.8 Å². The van der Waals surface area contributed by atoms with Gasteiger partial charge < -0.3 is 0 Å². The fourth-order valence-corrected chi connectivity index (χ4v) is 2.07. The Bertz CT molecular complexity index is 375. The van der Waals surface area contributed by atoms with Gasteiger partial charge in [-0.1, -0.05) is 32.1 Å². The van der Waals surface area contributed by atoms with E-state index in [0.29, 0.717) is 0 Å². The number of hydrogen-bond donors (Lipinski definition) is 0. The Morgan fingerprint density at radius 1 is 1.33 bits per heavy atom. The molecule has 0 unspecified atom stereocenters. The van der Waals surface area contributed by atoms with Crippen LogP contribution in [0.2, 0.25) is 0 Å². The molecule has 1 aromatic carbocycles. The summed E-state index contributed by atoms with van der Waals surface area (Å²) in [5, 5.41) is 0. The van der Waals surface area contributed by atoms with Crippen molar-refractivity contribution in [2.24, 2.45) is 0 Å². The van der Waals surface area contributed by atoms with E-state index in [4.69, 9.17) is 0 Å². The van der Waals surface area contributed by atoms with E-state index in [1.54, 1.807) is 11.8 Å². The maximum atomic E-state index is 4.09. The van der Waals surface area contributed by atoms with Crippen molar-refractivity contribution in [1.29, 1.82) is 0 Å². The molecule has 0 N–H and O–H groups in total. The van der Waals surface area contributed by atoms with E-state index in [-0.39, 0.29) is 5.41 Å². The molecule has 0 bridgehead atoms. The van der Waals surface area contributed by atoms with Crippen molar-refractivity contribution in [1.82, 2.24) is 0 Å². The molecule has 0 nitrogen and oxygen atoms in total. The molecule has 1 heteroatoms. The first kappa shape index (κ1) is 12.4. The van der Waals surface area contributed by atoms with Crippen molar-refractivity contribution in [2.75, 3.05) is 6.26 Å². The highest BCUT2D eigenvalue weighted by atomic mass is 32.2. The largest absolute Gasteiger partial charge is 0.130 e. The molecular weight excluding hydrogens is 200 g/mol. The molecule has 0 spiro atoms. The summed E-state index contributed by atoms with van der Waals surface area (Å²) in [7, 11) is 0. The fourth-order valence-electron chi connectivity index (χ4n) is 1.63. The SMILES string of the molecule is C=C(C)C(C)(C)c1cc(SC)ccc1C. The minimum Gasteiger partial charge on any atom is -0.130 e. The van der Waals surface area contributed by atoms with E-state index >= 15 is 0 Å². The lowest BCUT2D eigenvalue weighted by atomic mass is 9.77. The maximum absolute atomic E-state index is 4.09. The zero-order chi connectivity index (χ0) is 11.6. The summed E-state index contributed by atoms with van der Waals surface area (Å²) in [6, 6.07) is 6.67. The van der Waals surface area contributed by atoms with E-state index < -0.39 is 0 Å². The van der Waals surface area contributed by atoms with Gasteiger partial charge in [-0.3, -0.25) is 0 Å². The summed E-state index contributed by atoms with van der Waals surface area (Å²) in [4.78, 5) is 1.32. The molecule has 1 rings (SSSR count). The number of benzene rings is 1. The molecule has 0 fully saturated rings. The predicted molar refractivity (Wildman–Crippen MR) is 70.8 cm³/mol. The molecule has 0 aliphatic rings. The Hall–Kier alpha value is -0.690. The predicted octanol–water partition coefficient (Wildman–Crippen LogP) is 4.57. The van der Waals surface area contributed by atoms with Crippen molar-refractivity contribution in [2.45, 2.75) is 38.0 Å². The van der Waals surface area contributed by atoms with Crippen LogP contribution in [0.25, 0.3) is 0 Å². The average Bonchev–Trinajstić information content (AvgIpc) is 2.18. The molecular formula is C14H20S. The monoisotopic (exact) mass is 220 g/mol. The highest BCUT2D eigenvalue weighted by Crippen LogP contribution is 2.34. The number of hydrogen-bond acceptors (Lipinski definition) is 1. The Kier molecular flexibility index (Phi) is 3.67. The van der Waals surface area contributed by atoms with Crippen molar-refractivity contribution < 1.29 is 0 Å². The van der Waals surface area contributed by atoms with Crippen molar-refractivity contribution in [3.63, 3.8) is 0 Å². The van der Waals surface area contributed by atoms with Gasteiger partial charge in [0.05, 0.1) is 0 Å². The lowest BCUT2D eigenvalue weighted by molar-refractivity contribution is 0.620. The molecule has 1 aromatic rings. The summed E-state index contributed by atoms with van der Waals surface area (Å²) in [6.45, 7) is 12.8. The standard InChI is InChI=1S/C14H20S/c1-10(2)14(4,5)13-9-12(15-6)8-7-11(13)3/h7-9H,1H2,2-6H3. The first-order chi connectivity index (χ1) is 6.89. The smallest absolute Gasteiger partial charge is 0.0103 e. The lowest BCUT2D eigenvalue weighted by Gasteiger charge is -2.28. The molecule has 0 saturated heterocycles. The molecule has 0 atom stereocenters. The van der Waals surface area contributed by atoms with Gasteiger partial charge in [-0.05, 0) is 43.4 Å². The minimum absolute atomic E-state index is 0.0653. The van der Waals surface area contributed by atoms with Crippen LogP contribution >= 0.6 is 11.8 Å². The molecule has 0 aliphatic heterocycles. The molecule has 0 heterocycles. The Morgan fingerprint density at radius 2 is 1.93 bits per heavy atom. The number of rotatable bonds is 3. The van der Waals surface area contributed by atoms with Gasteiger partial charge in [0.15, 0.2) is 0 Å². The van der Waals surface area contributed by atoms with Crippen LogP contribution in [0, 0.1) is 6.92 Å². The highest BCUT2D eigenvalue weighted by Gasteiger charge is 2.23. The van der Waals surface area contributed by atoms with E-state index in [1.165, 1.54) is 21.6 Å². The zero-order valence-electron chi connectivity index (χ0n) is 10.3. The van der Waals surface area contributed by atoms with E-state index in [0.717, 1.165) is 0 Å². The molecule has 82 valence electrons. The lowest BCUT2D eigenvalue weighted by Crippen LogP contribution is -2.19. The van der Waals surface area contributed by atoms with Gasteiger partial charge in [0.2, 0.25) is 0 Å². The quantitative estimate of drug-likeness (QED) is 0.531. The van der Waals surface area contributed by atoms with E-state index in [1.807, 2.05) is 0 Å². The van der Waals surface area contributed by atoms with E-state index in [9.17, 15) is 0 Å². The van der Waals surface area contributed by atoms with Gasteiger partial charge >= 0.3 is 0 Å². The second-order valence-corrected chi connectivity index (χ2v) is 5.47. The summed E-state index contributed by atoms with van der Waals surface area (Å²) in [5.74, 6) is 0. The molecule has 0 radical (unpaired) electrons. The van der Waals surface area contributed by atoms with Crippen LogP contribution in [0.3, 0.4) is 0 Å². The van der Waals surface area contributed by atoms with Crippen LogP contribution in [0.1, 0.15) is 31.9 Å². The second kappa shape index (κ2) is 4.44. The number of aryl methyl sites for hydroxylation is 1. The van der Waals surface area contributed by atoms with Gasteiger partial charge in [-0.25, -0.2) is 0 Å². The van der Waals surface area contributed by atoms with Crippen LogP contribution < -0.4 is 0 Å². The topological polar surface area (TPSA) is 0 Å². The van der Waals surface area contributed by atoms with Crippen LogP contribution in [-0.2, 0) is 5.41 Å². The van der Waals surface area contributed by atoms with Gasteiger partial charge in [0.25, 0.3) is 0 Å². The van der Waals surface area contributed by atoms with Gasteiger partial charge in [-0.2, -0.15) is 0 Å². The first-order valence-corrected chi connectivity index (χ1v) is 6.43. The molecule has 0 amide bonds. The number of allylic oxidation sites excluding steroid dienone is 1. The maximum Gasteiger partial charge on any atom is 0.0103 e. The highest BCUT2D eigenvalue weighted by molar-refractivity contribution is 7.98. The molecule has 0 aliphatic carbocycles. The van der Waals surface area contributed by atoms with Crippen molar-refractivity contribution in [3.8, 4) is 0 Å². The normalized spacial score (nSPS) is 11.5. The summed E-state index contributed by atoms with van der Waals surface area (Å²) in [6.07, 6.45) is 2.11. The fraction of sp³-hybridized carbons (Fsp3) is 0.429. The van der Waals surface area contributed by atoms with Gasteiger partial charge in [0, 0.05) is 10.3 Å². The van der Waals surface area contributed by atoms with Crippen molar-refractivity contribution in [3.05, 3.63) is 41.5 Å². The van der Waals surface area contributed by atoms with Gasteiger partial charge in [0.1, 0.15) is 0 Å². The van der Waals surface area contributed by atoms with E-state index in [2.05, 4.69) is 58.7 Å². The number of thioether (sulfide) groups is 1. The third-order valence-corrected chi connectivity index (χ3v) is 3.91. The molecule has 0 saturated carbocycles. The van der Waals surface area contributed by atoms with Crippen LogP contribution in [0.15, 0.2) is 35.2 Å². The zero-order valence-corrected chi connectivity index (χ0v) is 11.2. The Balaban J connectivity index is 3.29. The Labute approximate surface area is 97.8 Å². The van der Waals surface area contributed by atoms with Crippen LogP contribution in [-0.4, -0.2) is 6.26 Å².